The van der Waals surface area contributed by atoms with Crippen molar-refractivity contribution in [3.8, 4) is 0 Å². The third kappa shape index (κ3) is 3.86. The van der Waals surface area contributed by atoms with Gasteiger partial charge >= 0.3 is 0 Å². The number of fused-ring (bicyclic) bond motifs is 1. The molecule has 0 radical (unpaired) electrons. The molecular weight excluding hydrogens is 276 g/mol. The summed E-state index contributed by atoms with van der Waals surface area (Å²) in [4.78, 5) is 2.55. The van der Waals surface area contributed by atoms with Crippen LogP contribution in [0, 0.1) is 0 Å². The first-order chi connectivity index (χ1) is 10.2. The Bertz CT molecular complexity index is 617. The summed E-state index contributed by atoms with van der Waals surface area (Å²) in [5, 5.41) is 7.23. The highest BCUT2D eigenvalue weighted by atomic mass is 32.1. The minimum Gasteiger partial charge on any atom is -0.382 e. The van der Waals surface area contributed by atoms with Crippen LogP contribution in [0.5, 0.6) is 0 Å². The minimum absolute atomic E-state index is 0.615. The summed E-state index contributed by atoms with van der Waals surface area (Å²) in [6.07, 6.45) is 4.80. The van der Waals surface area contributed by atoms with Crippen molar-refractivity contribution in [3.63, 3.8) is 0 Å². The fourth-order valence-electron chi connectivity index (χ4n) is 2.86. The first-order valence-corrected chi connectivity index (χ1v) is 8.68. The molecule has 3 rings (SSSR count). The molecule has 1 N–H and O–H groups in total. The molecule has 0 amide bonds. The van der Waals surface area contributed by atoms with Crippen LogP contribution >= 0.6 is 11.3 Å². The first-order valence-electron chi connectivity index (χ1n) is 7.80. The number of piperidine rings is 1. The van der Waals surface area contributed by atoms with Gasteiger partial charge in [0.05, 0.1) is 0 Å². The number of rotatable bonds is 4. The van der Waals surface area contributed by atoms with Gasteiger partial charge in [0.15, 0.2) is 0 Å². The third-order valence-electron chi connectivity index (χ3n) is 4.17. The molecule has 1 aromatic carbocycles. The van der Waals surface area contributed by atoms with E-state index < -0.39 is 0 Å². The molecule has 1 fully saturated rings. The zero-order valence-corrected chi connectivity index (χ0v) is 13.7. The standard InChI is InChI=1S/C18H24N2S/c1-14(2)5-9-20-10-6-16(7-11-20)19-17-3-4-18-15(13-17)8-12-21-18/h3-5,8,12-13,16,19H,6-7,9-11H2,1-2H3. The summed E-state index contributed by atoms with van der Waals surface area (Å²) in [5.74, 6) is 0. The lowest BCUT2D eigenvalue weighted by atomic mass is 10.0. The Hall–Kier alpha value is -1.32. The fraction of sp³-hybridized carbons (Fsp3) is 0.444. The van der Waals surface area contributed by atoms with E-state index in [0.717, 1.165) is 6.54 Å². The maximum absolute atomic E-state index is 3.71. The normalized spacial score (nSPS) is 17.0. The average Bonchev–Trinajstić information content (AvgIpc) is 2.94. The van der Waals surface area contributed by atoms with Crippen LogP contribution in [0.1, 0.15) is 26.7 Å². The highest BCUT2D eigenvalue weighted by molar-refractivity contribution is 7.17. The maximum Gasteiger partial charge on any atom is 0.0349 e. The Morgan fingerprint density at radius 1 is 1.29 bits per heavy atom. The molecule has 0 spiro atoms. The molecule has 0 unspecified atom stereocenters. The quantitative estimate of drug-likeness (QED) is 0.820. The molecule has 3 heteroatoms. The van der Waals surface area contributed by atoms with Gasteiger partial charge in [0.1, 0.15) is 0 Å². The predicted molar refractivity (Wildman–Crippen MR) is 94.3 cm³/mol. The van der Waals surface area contributed by atoms with E-state index in [1.807, 2.05) is 11.3 Å². The Balaban J connectivity index is 1.54. The maximum atomic E-state index is 3.71. The summed E-state index contributed by atoms with van der Waals surface area (Å²) >= 11 is 1.81. The van der Waals surface area contributed by atoms with E-state index in [1.54, 1.807) is 0 Å². The van der Waals surface area contributed by atoms with Crippen molar-refractivity contribution in [3.05, 3.63) is 41.3 Å². The van der Waals surface area contributed by atoms with Gasteiger partial charge in [-0.1, -0.05) is 11.6 Å². The number of thiophene rings is 1. The van der Waals surface area contributed by atoms with Gasteiger partial charge in [0.25, 0.3) is 0 Å². The largest absolute Gasteiger partial charge is 0.382 e. The van der Waals surface area contributed by atoms with Crippen molar-refractivity contribution in [2.75, 3.05) is 25.0 Å². The predicted octanol–water partition coefficient (Wildman–Crippen LogP) is 4.74. The Kier molecular flexibility index (Phi) is 4.61. The van der Waals surface area contributed by atoms with Crippen molar-refractivity contribution in [1.82, 2.24) is 4.90 Å². The molecule has 0 aliphatic carbocycles. The number of benzene rings is 1. The van der Waals surface area contributed by atoms with Crippen LogP contribution in [-0.2, 0) is 0 Å². The third-order valence-corrected chi connectivity index (χ3v) is 5.07. The van der Waals surface area contributed by atoms with E-state index >= 15 is 0 Å². The monoisotopic (exact) mass is 300 g/mol. The summed E-state index contributed by atoms with van der Waals surface area (Å²) in [7, 11) is 0. The zero-order valence-electron chi connectivity index (χ0n) is 12.9. The van der Waals surface area contributed by atoms with Crippen LogP contribution in [0.15, 0.2) is 41.3 Å². The first kappa shape index (κ1) is 14.6. The van der Waals surface area contributed by atoms with Gasteiger partial charge in [-0.05, 0) is 61.7 Å². The highest BCUT2D eigenvalue weighted by Gasteiger charge is 2.18. The number of anilines is 1. The Labute approximate surface area is 131 Å². The highest BCUT2D eigenvalue weighted by Crippen LogP contribution is 2.25. The smallest absolute Gasteiger partial charge is 0.0349 e. The molecule has 0 saturated carbocycles. The fourth-order valence-corrected chi connectivity index (χ4v) is 3.63. The molecule has 2 heterocycles. The average molecular weight is 300 g/mol. The second-order valence-corrected chi connectivity index (χ2v) is 7.12. The van der Waals surface area contributed by atoms with Gasteiger partial charge in [-0.3, -0.25) is 4.90 Å². The Morgan fingerprint density at radius 3 is 2.86 bits per heavy atom. The van der Waals surface area contributed by atoms with Gasteiger partial charge in [0, 0.05) is 36.1 Å². The van der Waals surface area contributed by atoms with Gasteiger partial charge < -0.3 is 5.32 Å². The van der Waals surface area contributed by atoms with Crippen LogP contribution in [0.3, 0.4) is 0 Å². The number of likely N-dealkylation sites (tertiary alicyclic amines) is 1. The van der Waals surface area contributed by atoms with Crippen LogP contribution in [0.2, 0.25) is 0 Å². The van der Waals surface area contributed by atoms with Gasteiger partial charge in [-0.2, -0.15) is 0 Å². The number of hydrogen-bond acceptors (Lipinski definition) is 3. The molecule has 0 atom stereocenters. The van der Waals surface area contributed by atoms with Crippen LogP contribution in [0.4, 0.5) is 5.69 Å². The number of nitrogens with zero attached hydrogens (tertiary/aromatic N) is 1. The van der Waals surface area contributed by atoms with E-state index in [1.165, 1.54) is 47.3 Å². The van der Waals surface area contributed by atoms with E-state index in [9.17, 15) is 0 Å². The minimum atomic E-state index is 0.615. The topological polar surface area (TPSA) is 15.3 Å². The molecular formula is C18H24N2S. The van der Waals surface area contributed by atoms with Crippen molar-refractivity contribution in [1.29, 1.82) is 0 Å². The SMILES string of the molecule is CC(C)=CCN1CCC(Nc2ccc3sccc3c2)CC1. The molecule has 112 valence electrons. The van der Waals surface area contributed by atoms with Gasteiger partial charge in [-0.25, -0.2) is 0 Å². The van der Waals surface area contributed by atoms with E-state index in [2.05, 4.69) is 59.8 Å². The molecule has 1 aliphatic heterocycles. The molecule has 1 saturated heterocycles. The molecule has 2 aromatic rings. The van der Waals surface area contributed by atoms with Crippen molar-refractivity contribution in [2.45, 2.75) is 32.7 Å². The van der Waals surface area contributed by atoms with Crippen LogP contribution < -0.4 is 5.32 Å². The van der Waals surface area contributed by atoms with Crippen molar-refractivity contribution in [2.24, 2.45) is 0 Å². The lowest BCUT2D eigenvalue weighted by Crippen LogP contribution is -2.39. The number of nitrogens with one attached hydrogen (secondary N) is 1. The molecule has 1 aromatic heterocycles. The van der Waals surface area contributed by atoms with Gasteiger partial charge in [0.2, 0.25) is 0 Å². The molecule has 21 heavy (non-hydrogen) atoms. The van der Waals surface area contributed by atoms with Crippen molar-refractivity contribution >= 4 is 27.1 Å². The second kappa shape index (κ2) is 6.63. The molecule has 0 bridgehead atoms. The second-order valence-electron chi connectivity index (χ2n) is 6.17. The molecule has 2 nitrogen and oxygen atoms in total. The van der Waals surface area contributed by atoms with E-state index in [0.29, 0.717) is 6.04 Å². The zero-order chi connectivity index (χ0) is 14.7. The van der Waals surface area contributed by atoms with Crippen LogP contribution in [0.25, 0.3) is 10.1 Å². The number of allylic oxidation sites excluding steroid dienone is 1. The lowest BCUT2D eigenvalue weighted by Gasteiger charge is -2.32. The van der Waals surface area contributed by atoms with Gasteiger partial charge in [-0.15, -0.1) is 11.3 Å². The number of hydrogen-bond donors (Lipinski definition) is 1. The summed E-state index contributed by atoms with van der Waals surface area (Å²) in [6.45, 7) is 7.85. The van der Waals surface area contributed by atoms with E-state index in [-0.39, 0.29) is 0 Å². The Morgan fingerprint density at radius 2 is 2.10 bits per heavy atom. The van der Waals surface area contributed by atoms with Crippen molar-refractivity contribution < 1.29 is 0 Å². The summed E-state index contributed by atoms with van der Waals surface area (Å²) in [5.41, 5.74) is 2.68. The van der Waals surface area contributed by atoms with Crippen LogP contribution in [-0.4, -0.2) is 30.6 Å². The van der Waals surface area contributed by atoms with E-state index in [4.69, 9.17) is 0 Å². The summed E-state index contributed by atoms with van der Waals surface area (Å²) in [6, 6.07) is 9.54. The summed E-state index contributed by atoms with van der Waals surface area (Å²) < 4.78 is 1.37. The molecule has 1 aliphatic rings. The lowest BCUT2D eigenvalue weighted by molar-refractivity contribution is 0.240.